The molecular formula is C21H25ClN2O4S. The molecular weight excluding hydrogens is 412 g/mol. The van der Waals surface area contributed by atoms with Gasteiger partial charge in [-0.25, -0.2) is 0 Å². The lowest BCUT2D eigenvalue weighted by Gasteiger charge is -2.45. The fraction of sp³-hybridized carbons (Fsp3) is 0.476. The second-order valence-electron chi connectivity index (χ2n) is 7.98. The smallest absolute Gasteiger partial charge is 0.326 e. The zero-order valence-corrected chi connectivity index (χ0v) is 18.8. The molecule has 0 saturated carbocycles. The molecule has 0 aromatic heterocycles. The molecule has 1 saturated heterocycles. The maximum atomic E-state index is 12.6. The van der Waals surface area contributed by atoms with E-state index in [1.54, 1.807) is 13.0 Å². The van der Waals surface area contributed by atoms with Crippen molar-refractivity contribution in [2.45, 2.75) is 45.6 Å². The predicted molar refractivity (Wildman–Crippen MR) is 116 cm³/mol. The normalized spacial score (nSPS) is 22.3. The van der Waals surface area contributed by atoms with Crippen molar-refractivity contribution < 1.29 is 19.1 Å². The molecule has 1 atom stereocenters. The van der Waals surface area contributed by atoms with E-state index in [2.05, 4.69) is 32.7 Å². The molecule has 2 amide bonds. The maximum Gasteiger partial charge on any atom is 0.326 e. The van der Waals surface area contributed by atoms with Gasteiger partial charge in [-0.1, -0.05) is 18.5 Å². The Morgan fingerprint density at radius 3 is 2.72 bits per heavy atom. The lowest BCUT2D eigenvalue weighted by Crippen LogP contribution is -2.45. The fourth-order valence-corrected chi connectivity index (χ4v) is 4.87. The van der Waals surface area contributed by atoms with Crippen molar-refractivity contribution in [2.75, 3.05) is 25.1 Å². The largest absolute Gasteiger partial charge is 0.465 e. The molecule has 0 radical (unpaired) electrons. The van der Waals surface area contributed by atoms with Gasteiger partial charge in [-0.05, 0) is 74.2 Å². The topological polar surface area (TPSA) is 66.9 Å². The summed E-state index contributed by atoms with van der Waals surface area (Å²) in [6.45, 7) is 8.06. The van der Waals surface area contributed by atoms with Gasteiger partial charge in [-0.2, -0.15) is 0 Å². The summed E-state index contributed by atoms with van der Waals surface area (Å²) in [6, 6.07) is 3.91. The third kappa shape index (κ3) is 4.16. The molecule has 3 rings (SSSR count). The first-order valence-electron chi connectivity index (χ1n) is 9.53. The number of halogens is 1. The minimum Gasteiger partial charge on any atom is -0.465 e. The van der Waals surface area contributed by atoms with Gasteiger partial charge in [0, 0.05) is 23.3 Å². The number of fused-ring (bicyclic) bond motifs is 1. The minimum absolute atomic E-state index is 0.0208. The van der Waals surface area contributed by atoms with Gasteiger partial charge in [0.05, 0.1) is 11.5 Å². The van der Waals surface area contributed by atoms with Crippen LogP contribution < -0.4 is 4.90 Å². The van der Waals surface area contributed by atoms with Crippen LogP contribution in [0.3, 0.4) is 0 Å². The monoisotopic (exact) mass is 436 g/mol. The summed E-state index contributed by atoms with van der Waals surface area (Å²) >= 11 is 7.33. The second kappa shape index (κ2) is 8.03. The number of hydrogen-bond acceptors (Lipinski definition) is 6. The van der Waals surface area contributed by atoms with Crippen molar-refractivity contribution in [2.24, 2.45) is 0 Å². The predicted octanol–water partition coefficient (Wildman–Crippen LogP) is 4.66. The third-order valence-electron chi connectivity index (χ3n) is 5.50. The van der Waals surface area contributed by atoms with E-state index in [-0.39, 0.29) is 23.6 Å². The molecule has 156 valence electrons. The van der Waals surface area contributed by atoms with Crippen LogP contribution >= 0.6 is 23.4 Å². The fourth-order valence-electron chi connectivity index (χ4n) is 3.83. The van der Waals surface area contributed by atoms with Crippen molar-refractivity contribution in [1.29, 1.82) is 0 Å². The molecule has 0 bridgehead atoms. The van der Waals surface area contributed by atoms with E-state index in [9.17, 15) is 14.4 Å². The lowest BCUT2D eigenvalue weighted by atomic mass is 9.80. The van der Waals surface area contributed by atoms with E-state index in [1.165, 1.54) is 0 Å². The summed E-state index contributed by atoms with van der Waals surface area (Å²) in [5, 5.41) is 0.0240. The molecule has 0 aliphatic carbocycles. The number of nitrogens with zero attached hydrogens (tertiary/aromatic N) is 2. The molecule has 1 fully saturated rings. The number of hydrogen-bond donors (Lipinski definition) is 0. The Hall–Kier alpha value is -1.99. The molecule has 6 nitrogen and oxygen atoms in total. The lowest BCUT2D eigenvalue weighted by molar-refractivity contribution is -0.145. The molecule has 29 heavy (non-hydrogen) atoms. The number of ether oxygens (including phenoxy) is 1. The first-order chi connectivity index (χ1) is 13.5. The minimum atomic E-state index is -0.609. The molecule has 1 aromatic carbocycles. The standard InChI is InChI=1S/C21H25ClN2O4S/c1-6-28-18(25)11-24-19(26)17(29-20(24)27)8-13-7-14-12(2)10-21(3,4)23(5)16(14)9-15(13)22/h7-9,12H,6,10-11H2,1-5H3/b17-8+/t12-/m0/s1. The number of anilines is 1. The number of benzene rings is 1. The highest BCUT2D eigenvalue weighted by molar-refractivity contribution is 8.18. The number of esters is 1. The van der Waals surface area contributed by atoms with E-state index < -0.39 is 17.1 Å². The van der Waals surface area contributed by atoms with Crippen LogP contribution in [0.2, 0.25) is 5.02 Å². The van der Waals surface area contributed by atoms with E-state index in [1.807, 2.05) is 12.1 Å². The quantitative estimate of drug-likeness (QED) is 0.505. The Kier molecular flexibility index (Phi) is 6.01. The van der Waals surface area contributed by atoms with Gasteiger partial charge in [-0.3, -0.25) is 19.3 Å². The highest BCUT2D eigenvalue weighted by Gasteiger charge is 2.38. The van der Waals surface area contributed by atoms with Crippen molar-refractivity contribution in [3.05, 3.63) is 33.2 Å². The van der Waals surface area contributed by atoms with Gasteiger partial charge in [-0.15, -0.1) is 0 Å². The number of thioether (sulfide) groups is 1. The van der Waals surface area contributed by atoms with Crippen LogP contribution in [0, 0.1) is 0 Å². The van der Waals surface area contributed by atoms with Crippen LogP contribution in [0.5, 0.6) is 0 Å². The van der Waals surface area contributed by atoms with Gasteiger partial charge in [0.2, 0.25) is 0 Å². The van der Waals surface area contributed by atoms with Crippen LogP contribution in [-0.2, 0) is 14.3 Å². The second-order valence-corrected chi connectivity index (χ2v) is 9.38. The molecule has 0 N–H and O–H groups in total. The zero-order valence-electron chi connectivity index (χ0n) is 17.2. The van der Waals surface area contributed by atoms with Crippen LogP contribution in [0.1, 0.15) is 51.2 Å². The van der Waals surface area contributed by atoms with Crippen LogP contribution in [0.4, 0.5) is 10.5 Å². The summed E-state index contributed by atoms with van der Waals surface area (Å²) in [5.41, 5.74) is 2.94. The van der Waals surface area contributed by atoms with Gasteiger partial charge in [0.25, 0.3) is 11.1 Å². The highest BCUT2D eigenvalue weighted by Crippen LogP contribution is 2.45. The number of amides is 2. The molecule has 1 aromatic rings. The molecule has 2 aliphatic rings. The van der Waals surface area contributed by atoms with Gasteiger partial charge in [0.15, 0.2) is 0 Å². The highest BCUT2D eigenvalue weighted by atomic mass is 35.5. The Morgan fingerprint density at radius 2 is 2.07 bits per heavy atom. The zero-order chi connectivity index (χ0) is 21.5. The Morgan fingerprint density at radius 1 is 1.38 bits per heavy atom. The van der Waals surface area contributed by atoms with Crippen molar-refractivity contribution >= 4 is 52.2 Å². The number of imide groups is 1. The molecule has 2 aliphatic heterocycles. The number of carbonyl (C=O) groups excluding carboxylic acids is 3. The van der Waals surface area contributed by atoms with Crippen LogP contribution in [0.15, 0.2) is 17.0 Å². The number of carbonyl (C=O) groups is 3. The average Bonchev–Trinajstić information content (AvgIpc) is 2.88. The first kappa shape index (κ1) is 21.7. The first-order valence-corrected chi connectivity index (χ1v) is 10.7. The SMILES string of the molecule is CCOC(=O)CN1C(=O)S/C(=C/c2cc3c(cc2Cl)N(C)C(C)(C)C[C@@H]3C)C1=O. The summed E-state index contributed by atoms with van der Waals surface area (Å²) in [5.74, 6) is -0.782. The Balaban J connectivity index is 1.92. The molecule has 8 heteroatoms. The summed E-state index contributed by atoms with van der Waals surface area (Å²) in [7, 11) is 2.06. The van der Waals surface area contributed by atoms with Crippen molar-refractivity contribution in [1.82, 2.24) is 4.90 Å². The van der Waals surface area contributed by atoms with Crippen LogP contribution in [0.25, 0.3) is 6.08 Å². The van der Waals surface area contributed by atoms with Crippen LogP contribution in [-0.4, -0.2) is 47.8 Å². The van der Waals surface area contributed by atoms with Gasteiger partial charge in [0.1, 0.15) is 6.54 Å². The van der Waals surface area contributed by atoms with E-state index in [0.29, 0.717) is 16.5 Å². The van der Waals surface area contributed by atoms with Gasteiger partial charge < -0.3 is 9.64 Å². The third-order valence-corrected chi connectivity index (χ3v) is 6.74. The summed E-state index contributed by atoms with van der Waals surface area (Å²) in [6.07, 6.45) is 2.62. The van der Waals surface area contributed by atoms with Crippen molar-refractivity contribution in [3.8, 4) is 0 Å². The van der Waals surface area contributed by atoms with Crippen molar-refractivity contribution in [3.63, 3.8) is 0 Å². The molecule has 0 spiro atoms. The van der Waals surface area contributed by atoms with Gasteiger partial charge >= 0.3 is 5.97 Å². The summed E-state index contributed by atoms with van der Waals surface area (Å²) < 4.78 is 4.83. The van der Waals surface area contributed by atoms with E-state index in [4.69, 9.17) is 16.3 Å². The average molecular weight is 437 g/mol. The Bertz CT molecular complexity index is 912. The van der Waals surface area contributed by atoms with E-state index >= 15 is 0 Å². The number of rotatable bonds is 4. The maximum absolute atomic E-state index is 12.6. The summed E-state index contributed by atoms with van der Waals surface area (Å²) in [4.78, 5) is 39.9. The van der Waals surface area contributed by atoms with E-state index in [0.717, 1.165) is 34.3 Å². The molecule has 0 unspecified atom stereocenters. The Labute approximate surface area is 180 Å². The molecule has 2 heterocycles.